The Hall–Kier alpha value is -2.34. The molecule has 6 heteroatoms. The maximum absolute atomic E-state index is 10.9. The maximum Gasteiger partial charge on any atom is 0.337 e. The Bertz CT molecular complexity index is 765. The van der Waals surface area contributed by atoms with Gasteiger partial charge >= 0.3 is 5.97 Å². The number of carbonyl (C=O) groups is 1. The van der Waals surface area contributed by atoms with Crippen LogP contribution in [-0.2, 0) is 0 Å². The van der Waals surface area contributed by atoms with Crippen molar-refractivity contribution >= 4 is 28.8 Å². The number of H-pyrrole nitrogens is 1. The fourth-order valence-electron chi connectivity index (χ4n) is 1.90. The van der Waals surface area contributed by atoms with Crippen LogP contribution in [0.1, 0.15) is 16.1 Å². The minimum Gasteiger partial charge on any atom is -0.478 e. The van der Waals surface area contributed by atoms with Crippen molar-refractivity contribution in [3.05, 3.63) is 47.7 Å². The van der Waals surface area contributed by atoms with Gasteiger partial charge in [0.1, 0.15) is 5.03 Å². The number of aromatic carboxylic acids is 1. The Kier molecular flexibility index (Phi) is 3.15. The number of imidazole rings is 1. The van der Waals surface area contributed by atoms with Crippen LogP contribution >= 0.6 is 11.8 Å². The van der Waals surface area contributed by atoms with E-state index < -0.39 is 5.97 Å². The third kappa shape index (κ3) is 2.37. The molecule has 0 unspecified atom stereocenters. The number of hydrogen-bond donors (Lipinski definition) is 2. The smallest absolute Gasteiger partial charge is 0.337 e. The van der Waals surface area contributed by atoms with Crippen LogP contribution in [0.2, 0.25) is 0 Å². The highest BCUT2D eigenvalue weighted by Gasteiger charge is 2.10. The average Bonchev–Trinajstić information content (AvgIpc) is 2.80. The van der Waals surface area contributed by atoms with Crippen molar-refractivity contribution in [1.82, 2.24) is 15.0 Å². The molecule has 3 aromatic rings. The first-order chi connectivity index (χ1) is 9.63. The summed E-state index contributed by atoms with van der Waals surface area (Å²) >= 11 is 1.38. The zero-order chi connectivity index (χ0) is 14.1. The number of nitrogens with zero attached hydrogens (tertiary/aromatic N) is 2. The number of aromatic nitrogens is 3. The van der Waals surface area contributed by atoms with Gasteiger partial charge in [-0.15, -0.1) is 0 Å². The molecule has 5 nitrogen and oxygen atoms in total. The third-order valence-electron chi connectivity index (χ3n) is 2.86. The zero-order valence-electron chi connectivity index (χ0n) is 10.6. The van der Waals surface area contributed by atoms with E-state index in [4.69, 9.17) is 5.11 Å². The monoisotopic (exact) mass is 285 g/mol. The molecular formula is C14H11N3O2S. The van der Waals surface area contributed by atoms with Crippen molar-refractivity contribution in [2.24, 2.45) is 0 Å². The summed E-state index contributed by atoms with van der Waals surface area (Å²) in [5.41, 5.74) is 2.58. The topological polar surface area (TPSA) is 78.9 Å². The fraction of sp³-hybridized carbons (Fsp3) is 0.0714. The Morgan fingerprint density at radius 3 is 2.70 bits per heavy atom. The van der Waals surface area contributed by atoms with Gasteiger partial charge in [-0.2, -0.15) is 0 Å². The van der Waals surface area contributed by atoms with Crippen molar-refractivity contribution in [2.75, 3.05) is 0 Å². The fourth-order valence-corrected chi connectivity index (χ4v) is 2.72. The molecule has 0 saturated carbocycles. The number of nitrogens with one attached hydrogen (secondary N) is 1. The van der Waals surface area contributed by atoms with Gasteiger partial charge in [0.05, 0.1) is 22.3 Å². The van der Waals surface area contributed by atoms with Gasteiger partial charge in [0.25, 0.3) is 0 Å². The lowest BCUT2D eigenvalue weighted by molar-refractivity contribution is 0.0695. The van der Waals surface area contributed by atoms with Gasteiger partial charge < -0.3 is 10.1 Å². The SMILES string of the molecule is Cc1nc(Sc2nc3ccccc3[nH]2)ccc1C(=O)O. The molecule has 0 aliphatic heterocycles. The first-order valence-electron chi connectivity index (χ1n) is 5.97. The summed E-state index contributed by atoms with van der Waals surface area (Å²) in [7, 11) is 0. The first-order valence-corrected chi connectivity index (χ1v) is 6.78. The number of benzene rings is 1. The molecule has 2 N–H and O–H groups in total. The van der Waals surface area contributed by atoms with Crippen molar-refractivity contribution in [2.45, 2.75) is 17.1 Å². The molecule has 0 amide bonds. The predicted molar refractivity (Wildman–Crippen MR) is 76.2 cm³/mol. The second-order valence-corrected chi connectivity index (χ2v) is 5.26. The number of fused-ring (bicyclic) bond motifs is 1. The predicted octanol–water partition coefficient (Wildman–Crippen LogP) is 3.12. The van der Waals surface area contributed by atoms with Gasteiger partial charge in [-0.05, 0) is 43.0 Å². The minimum atomic E-state index is -0.963. The Morgan fingerprint density at radius 1 is 1.20 bits per heavy atom. The van der Waals surface area contributed by atoms with Crippen LogP contribution < -0.4 is 0 Å². The van der Waals surface area contributed by atoms with E-state index in [1.54, 1.807) is 19.1 Å². The molecule has 0 bridgehead atoms. The normalized spacial score (nSPS) is 10.8. The molecule has 0 radical (unpaired) electrons. The number of rotatable bonds is 3. The molecule has 3 rings (SSSR count). The van der Waals surface area contributed by atoms with Crippen LogP contribution in [0.25, 0.3) is 11.0 Å². The average molecular weight is 285 g/mol. The maximum atomic E-state index is 10.9. The van der Waals surface area contributed by atoms with E-state index in [0.29, 0.717) is 10.7 Å². The van der Waals surface area contributed by atoms with Crippen LogP contribution in [0.5, 0.6) is 0 Å². The molecule has 0 aliphatic carbocycles. The highest BCUT2D eigenvalue weighted by Crippen LogP contribution is 2.26. The van der Waals surface area contributed by atoms with Gasteiger partial charge in [0, 0.05) is 0 Å². The van der Waals surface area contributed by atoms with E-state index in [2.05, 4.69) is 15.0 Å². The summed E-state index contributed by atoms with van der Waals surface area (Å²) in [4.78, 5) is 22.9. The number of para-hydroxylation sites is 2. The van der Waals surface area contributed by atoms with E-state index in [0.717, 1.165) is 16.2 Å². The van der Waals surface area contributed by atoms with E-state index in [-0.39, 0.29) is 5.56 Å². The lowest BCUT2D eigenvalue weighted by Gasteiger charge is -2.02. The van der Waals surface area contributed by atoms with Crippen molar-refractivity contribution in [1.29, 1.82) is 0 Å². The number of aryl methyl sites for hydroxylation is 1. The molecule has 2 aromatic heterocycles. The van der Waals surface area contributed by atoms with E-state index in [1.807, 2.05) is 24.3 Å². The van der Waals surface area contributed by atoms with Gasteiger partial charge in [-0.25, -0.2) is 14.8 Å². The van der Waals surface area contributed by atoms with E-state index in [9.17, 15) is 4.79 Å². The number of pyridine rings is 1. The Morgan fingerprint density at radius 2 is 2.00 bits per heavy atom. The van der Waals surface area contributed by atoms with E-state index in [1.165, 1.54) is 11.8 Å². The highest BCUT2D eigenvalue weighted by atomic mass is 32.2. The Labute approximate surface area is 119 Å². The minimum absolute atomic E-state index is 0.221. The lowest BCUT2D eigenvalue weighted by Crippen LogP contribution is -2.01. The molecule has 100 valence electrons. The van der Waals surface area contributed by atoms with Crippen LogP contribution in [0.4, 0.5) is 0 Å². The van der Waals surface area contributed by atoms with Crippen molar-refractivity contribution in [3.8, 4) is 0 Å². The summed E-state index contributed by atoms with van der Waals surface area (Å²) in [5.74, 6) is -0.963. The van der Waals surface area contributed by atoms with Gasteiger partial charge in [-0.3, -0.25) is 0 Å². The summed E-state index contributed by atoms with van der Waals surface area (Å²) in [6.45, 7) is 1.69. The number of aromatic amines is 1. The molecule has 0 fully saturated rings. The number of hydrogen-bond acceptors (Lipinski definition) is 4. The van der Waals surface area contributed by atoms with Crippen LogP contribution in [-0.4, -0.2) is 26.0 Å². The zero-order valence-corrected chi connectivity index (χ0v) is 11.4. The van der Waals surface area contributed by atoms with Gasteiger partial charge in [0.15, 0.2) is 5.16 Å². The second-order valence-electron chi connectivity index (χ2n) is 4.25. The molecular weight excluding hydrogens is 274 g/mol. The Balaban J connectivity index is 1.90. The van der Waals surface area contributed by atoms with Gasteiger partial charge in [0.2, 0.25) is 0 Å². The summed E-state index contributed by atoms with van der Waals surface area (Å²) in [5, 5.41) is 10.4. The second kappa shape index (κ2) is 4.97. The molecule has 2 heterocycles. The lowest BCUT2D eigenvalue weighted by atomic mass is 10.2. The molecule has 20 heavy (non-hydrogen) atoms. The summed E-state index contributed by atoms with van der Waals surface area (Å²) in [6.07, 6.45) is 0. The summed E-state index contributed by atoms with van der Waals surface area (Å²) in [6, 6.07) is 11.0. The quantitative estimate of drug-likeness (QED) is 0.773. The van der Waals surface area contributed by atoms with Crippen LogP contribution in [0, 0.1) is 6.92 Å². The number of carboxylic acids is 1. The largest absolute Gasteiger partial charge is 0.478 e. The third-order valence-corrected chi connectivity index (χ3v) is 3.68. The first kappa shape index (κ1) is 12.7. The standard InChI is InChI=1S/C14H11N3O2S/c1-8-9(13(18)19)6-7-12(15-8)20-14-16-10-4-2-3-5-11(10)17-14/h2-7H,1H3,(H,16,17)(H,18,19). The summed E-state index contributed by atoms with van der Waals surface area (Å²) < 4.78 is 0. The van der Waals surface area contributed by atoms with Crippen molar-refractivity contribution in [3.63, 3.8) is 0 Å². The van der Waals surface area contributed by atoms with Crippen LogP contribution in [0.15, 0.2) is 46.6 Å². The van der Waals surface area contributed by atoms with Gasteiger partial charge in [-0.1, -0.05) is 12.1 Å². The number of carboxylic acid groups (broad SMARTS) is 1. The van der Waals surface area contributed by atoms with Crippen molar-refractivity contribution < 1.29 is 9.90 Å². The molecule has 0 aliphatic rings. The highest BCUT2D eigenvalue weighted by molar-refractivity contribution is 7.99. The molecule has 0 saturated heterocycles. The van der Waals surface area contributed by atoms with Crippen LogP contribution in [0.3, 0.4) is 0 Å². The molecule has 1 aromatic carbocycles. The van der Waals surface area contributed by atoms with E-state index >= 15 is 0 Å². The molecule has 0 spiro atoms. The molecule has 0 atom stereocenters.